The molecule has 1 heterocycles. The highest BCUT2D eigenvalue weighted by Gasteiger charge is 2.35. The van der Waals surface area contributed by atoms with Crippen LogP contribution >= 0.6 is 12.6 Å². The van der Waals surface area contributed by atoms with E-state index in [1.165, 1.54) is 28.4 Å². The Morgan fingerprint density at radius 2 is 1.73 bits per heavy atom. The van der Waals surface area contributed by atoms with Gasteiger partial charge in [-0.25, -0.2) is 4.79 Å². The zero-order valence-electron chi connectivity index (χ0n) is 15.2. The van der Waals surface area contributed by atoms with Crippen molar-refractivity contribution in [2.24, 2.45) is 0 Å². The maximum Gasteiger partial charge on any atom is 0.336 e. The number of allylic oxidation sites excluding steroid dienone is 2. The van der Waals surface area contributed by atoms with Crippen LogP contribution in [0.1, 0.15) is 18.4 Å². The molecule has 0 radical (unpaired) electrons. The van der Waals surface area contributed by atoms with Crippen molar-refractivity contribution in [1.82, 2.24) is 5.32 Å². The molecule has 0 aromatic heterocycles. The number of ether oxygens (including phenoxy) is 4. The van der Waals surface area contributed by atoms with Gasteiger partial charge in [-0.05, 0) is 24.6 Å². The van der Waals surface area contributed by atoms with Crippen LogP contribution in [-0.4, -0.2) is 34.4 Å². The van der Waals surface area contributed by atoms with Crippen molar-refractivity contribution in [3.05, 3.63) is 39.6 Å². The maximum absolute atomic E-state index is 12.4. The first kappa shape index (κ1) is 19.5. The summed E-state index contributed by atoms with van der Waals surface area (Å²) in [7, 11) is 5.79. The number of nitriles is 1. The molecule has 7 nitrogen and oxygen atoms in total. The van der Waals surface area contributed by atoms with E-state index in [2.05, 4.69) is 24.0 Å². The largest absolute Gasteiger partial charge is 0.493 e. The van der Waals surface area contributed by atoms with E-state index in [4.69, 9.17) is 18.9 Å². The van der Waals surface area contributed by atoms with Gasteiger partial charge >= 0.3 is 5.97 Å². The Balaban J connectivity index is 2.77. The monoisotopic (exact) mass is 376 g/mol. The molecule has 0 saturated carbocycles. The highest BCUT2D eigenvalue weighted by Crippen LogP contribution is 2.45. The molecule has 1 atom stereocenters. The summed E-state index contributed by atoms with van der Waals surface area (Å²) in [4.78, 5) is 12.4. The summed E-state index contributed by atoms with van der Waals surface area (Å²) >= 11 is 4.35. The minimum absolute atomic E-state index is 0.286. The van der Waals surface area contributed by atoms with Crippen molar-refractivity contribution in [3.63, 3.8) is 0 Å². The number of rotatable bonds is 5. The minimum Gasteiger partial charge on any atom is -0.493 e. The van der Waals surface area contributed by atoms with Crippen LogP contribution < -0.4 is 19.5 Å². The normalized spacial score (nSPS) is 16.6. The van der Waals surface area contributed by atoms with Gasteiger partial charge < -0.3 is 24.3 Å². The number of carbonyl (C=O) groups excluding carboxylic acids is 1. The number of methoxy groups -OCH3 is 4. The molecule has 138 valence electrons. The second-order valence-electron chi connectivity index (χ2n) is 5.42. The SMILES string of the molecule is COC(=O)C1=C(C)NC(S)=C(C#N)[C@H]1c1cc(OC)c(OC)c(OC)c1. The van der Waals surface area contributed by atoms with Crippen LogP contribution in [0, 0.1) is 11.3 Å². The van der Waals surface area contributed by atoms with E-state index in [1.807, 2.05) is 0 Å². The van der Waals surface area contributed by atoms with Crippen LogP contribution in [0.4, 0.5) is 0 Å². The Morgan fingerprint density at radius 1 is 1.15 bits per heavy atom. The summed E-state index contributed by atoms with van der Waals surface area (Å²) in [5, 5.41) is 13.0. The molecular formula is C18H20N2O5S. The first-order valence-electron chi connectivity index (χ1n) is 7.62. The van der Waals surface area contributed by atoms with E-state index in [0.717, 1.165) is 0 Å². The molecule has 26 heavy (non-hydrogen) atoms. The van der Waals surface area contributed by atoms with Gasteiger partial charge in [-0.2, -0.15) is 5.26 Å². The zero-order chi connectivity index (χ0) is 19.4. The lowest BCUT2D eigenvalue weighted by Gasteiger charge is -2.28. The minimum atomic E-state index is -0.685. The van der Waals surface area contributed by atoms with Gasteiger partial charge in [0.15, 0.2) is 11.5 Å². The number of carbonyl (C=O) groups is 1. The summed E-state index contributed by atoms with van der Waals surface area (Å²) in [5.74, 6) is 0.0272. The van der Waals surface area contributed by atoms with Crippen molar-refractivity contribution in [3.8, 4) is 23.3 Å². The lowest BCUT2D eigenvalue weighted by molar-refractivity contribution is -0.136. The van der Waals surface area contributed by atoms with Crippen LogP contribution in [0.25, 0.3) is 0 Å². The molecule has 1 aliphatic rings. The van der Waals surface area contributed by atoms with E-state index in [9.17, 15) is 10.1 Å². The molecule has 1 aromatic carbocycles. The Hall–Kier alpha value is -2.79. The topological polar surface area (TPSA) is 89.8 Å². The summed E-state index contributed by atoms with van der Waals surface area (Å²) in [6.07, 6.45) is 0. The van der Waals surface area contributed by atoms with Crippen LogP contribution in [0.5, 0.6) is 17.2 Å². The van der Waals surface area contributed by atoms with E-state index >= 15 is 0 Å². The molecule has 2 rings (SSSR count). The molecule has 0 amide bonds. The van der Waals surface area contributed by atoms with Crippen molar-refractivity contribution in [2.45, 2.75) is 12.8 Å². The van der Waals surface area contributed by atoms with Gasteiger partial charge in [0.25, 0.3) is 0 Å². The quantitative estimate of drug-likeness (QED) is 0.603. The second kappa shape index (κ2) is 8.06. The number of benzene rings is 1. The number of hydrogen-bond acceptors (Lipinski definition) is 8. The molecule has 8 heteroatoms. The standard InChI is InChI=1S/C18H20N2O5S/c1-9-14(18(21)25-5)15(11(8-19)17(26)20-9)10-6-12(22-2)16(24-4)13(7-10)23-3/h6-7,15,20,26H,1-5H3/t15-/m1/s1. The number of hydrogen-bond donors (Lipinski definition) is 2. The number of esters is 1. The average Bonchev–Trinajstić information content (AvgIpc) is 2.65. The number of nitrogens with one attached hydrogen (secondary N) is 1. The number of dihydropyridines is 1. The van der Waals surface area contributed by atoms with Crippen LogP contribution in [0.3, 0.4) is 0 Å². The van der Waals surface area contributed by atoms with Gasteiger partial charge in [0.05, 0.1) is 56.6 Å². The molecule has 0 saturated heterocycles. The predicted molar refractivity (Wildman–Crippen MR) is 98.3 cm³/mol. The van der Waals surface area contributed by atoms with Gasteiger partial charge in [-0.1, -0.05) is 0 Å². The highest BCUT2D eigenvalue weighted by atomic mass is 32.1. The van der Waals surface area contributed by atoms with Crippen molar-refractivity contribution < 1.29 is 23.7 Å². The molecule has 0 fully saturated rings. The van der Waals surface area contributed by atoms with Crippen molar-refractivity contribution in [1.29, 1.82) is 5.26 Å². The lowest BCUT2D eigenvalue weighted by Crippen LogP contribution is -2.27. The summed E-state index contributed by atoms with van der Waals surface area (Å²) in [6.45, 7) is 1.72. The fraction of sp³-hybridized carbons (Fsp3) is 0.333. The van der Waals surface area contributed by atoms with Crippen LogP contribution in [-0.2, 0) is 9.53 Å². The van der Waals surface area contributed by atoms with Crippen molar-refractivity contribution >= 4 is 18.6 Å². The molecular weight excluding hydrogens is 356 g/mol. The maximum atomic E-state index is 12.4. The number of nitrogens with zero attached hydrogens (tertiary/aromatic N) is 1. The third-order valence-electron chi connectivity index (χ3n) is 4.09. The molecule has 0 bridgehead atoms. The third kappa shape index (κ3) is 3.30. The van der Waals surface area contributed by atoms with Gasteiger partial charge in [0.2, 0.25) is 5.75 Å². The predicted octanol–water partition coefficient (Wildman–Crippen LogP) is 2.51. The smallest absolute Gasteiger partial charge is 0.336 e. The molecule has 1 aliphatic heterocycles. The lowest BCUT2D eigenvalue weighted by atomic mass is 9.82. The molecule has 1 N–H and O–H groups in total. The summed E-state index contributed by atoms with van der Waals surface area (Å²) in [5.41, 5.74) is 1.77. The average molecular weight is 376 g/mol. The van der Waals surface area contributed by atoms with E-state index in [1.54, 1.807) is 19.1 Å². The first-order valence-corrected chi connectivity index (χ1v) is 8.07. The number of thiol groups is 1. The summed E-state index contributed by atoms with van der Waals surface area (Å²) < 4.78 is 21.0. The van der Waals surface area contributed by atoms with Crippen LogP contribution in [0.15, 0.2) is 34.0 Å². The Bertz CT molecular complexity index is 813. The highest BCUT2D eigenvalue weighted by molar-refractivity contribution is 7.84. The third-order valence-corrected chi connectivity index (χ3v) is 4.44. The fourth-order valence-corrected chi connectivity index (χ4v) is 3.26. The van der Waals surface area contributed by atoms with Gasteiger partial charge in [-0.15, -0.1) is 12.6 Å². The Kier molecular flexibility index (Phi) is 6.05. The van der Waals surface area contributed by atoms with E-state index < -0.39 is 11.9 Å². The van der Waals surface area contributed by atoms with Gasteiger partial charge in [0.1, 0.15) is 0 Å². The molecule has 1 aromatic rings. The fourth-order valence-electron chi connectivity index (χ4n) is 2.91. The van der Waals surface area contributed by atoms with E-state index in [0.29, 0.717) is 39.1 Å². The first-order chi connectivity index (χ1) is 12.4. The Morgan fingerprint density at radius 3 is 2.15 bits per heavy atom. The molecule has 0 spiro atoms. The van der Waals surface area contributed by atoms with Crippen LogP contribution in [0.2, 0.25) is 0 Å². The van der Waals surface area contributed by atoms with Crippen molar-refractivity contribution in [2.75, 3.05) is 28.4 Å². The molecule has 0 aliphatic carbocycles. The Labute approximate surface area is 157 Å². The summed E-state index contributed by atoms with van der Waals surface area (Å²) in [6, 6.07) is 5.52. The second-order valence-corrected chi connectivity index (χ2v) is 5.87. The van der Waals surface area contributed by atoms with E-state index in [-0.39, 0.29) is 5.57 Å². The molecule has 0 unspecified atom stereocenters. The van der Waals surface area contributed by atoms with Gasteiger partial charge in [0, 0.05) is 5.70 Å². The zero-order valence-corrected chi connectivity index (χ0v) is 16.1. The van der Waals surface area contributed by atoms with Gasteiger partial charge in [-0.3, -0.25) is 0 Å².